The van der Waals surface area contributed by atoms with Crippen molar-refractivity contribution >= 4 is 29.5 Å². The quantitative estimate of drug-likeness (QED) is 0.251. The van der Waals surface area contributed by atoms with E-state index in [2.05, 4.69) is 21.3 Å². The average molecular weight is 771 g/mol. The molecule has 0 spiro atoms. The molecule has 0 radical (unpaired) electrons. The highest BCUT2D eigenvalue weighted by molar-refractivity contribution is 5.97. The van der Waals surface area contributed by atoms with Gasteiger partial charge in [0.2, 0.25) is 17.7 Å². The number of rotatable bonds is 6. The molecule has 17 heteroatoms. The summed E-state index contributed by atoms with van der Waals surface area (Å²) in [5.41, 5.74) is 0.461. The third-order valence-corrected chi connectivity index (χ3v) is 9.02. The number of amides is 5. The predicted octanol–water partition coefficient (Wildman–Crippen LogP) is 3.29. The number of aliphatic hydroxyl groups excluding tert-OH is 1. The number of nitrogens with one attached hydrogen (secondary N) is 4. The maximum Gasteiger partial charge on any atom is 0.319 e. The van der Waals surface area contributed by atoms with Crippen LogP contribution in [0.2, 0.25) is 0 Å². The fourth-order valence-corrected chi connectivity index (χ4v) is 6.01. The molecule has 2 bridgehead atoms. The summed E-state index contributed by atoms with van der Waals surface area (Å²) in [5.74, 6) is -2.93. The molecule has 2 heterocycles. The lowest BCUT2D eigenvalue weighted by atomic mass is 10.0. The number of aliphatic hydroxyl groups is 1. The zero-order chi connectivity index (χ0) is 40.4. The minimum absolute atomic E-state index is 0.0832. The Bertz CT molecular complexity index is 1870. The molecule has 0 saturated carbocycles. The first kappa shape index (κ1) is 42.0. The van der Waals surface area contributed by atoms with Gasteiger partial charge in [-0.05, 0) is 75.1 Å². The van der Waals surface area contributed by atoms with Crippen LogP contribution in [0.25, 0.3) is 0 Å². The van der Waals surface area contributed by atoms with Crippen LogP contribution in [0.4, 0.5) is 8.78 Å². The maximum atomic E-state index is 13.9. The number of aryl methyl sites for hydroxylation is 1. The average Bonchev–Trinajstić information content (AvgIpc) is 3.54. The molecule has 5 N–H and O–H groups in total. The lowest BCUT2D eigenvalue weighted by molar-refractivity contribution is -0.135. The van der Waals surface area contributed by atoms with Gasteiger partial charge in [-0.2, -0.15) is 8.78 Å². The molecule has 5 amide bonds. The zero-order valence-electron chi connectivity index (χ0n) is 31.6. The van der Waals surface area contributed by atoms with E-state index in [1.54, 1.807) is 44.2 Å². The first-order valence-electron chi connectivity index (χ1n) is 17.8. The van der Waals surface area contributed by atoms with Crippen LogP contribution in [0.1, 0.15) is 72.3 Å². The minimum atomic E-state index is -3.03. The first-order chi connectivity index (χ1) is 26.2. The molecule has 55 heavy (non-hydrogen) atoms. The number of hydrogen-bond acceptors (Lipinski definition) is 9. The van der Waals surface area contributed by atoms with Crippen LogP contribution in [0.15, 0.2) is 48.5 Å². The van der Waals surface area contributed by atoms with E-state index in [9.17, 15) is 37.9 Å². The Morgan fingerprint density at radius 3 is 2.27 bits per heavy atom. The second-order valence-corrected chi connectivity index (χ2v) is 13.3. The van der Waals surface area contributed by atoms with Crippen LogP contribution in [-0.4, -0.2) is 96.2 Å². The zero-order valence-corrected chi connectivity index (χ0v) is 31.6. The van der Waals surface area contributed by atoms with Gasteiger partial charge in [-0.1, -0.05) is 19.9 Å². The highest BCUT2D eigenvalue weighted by atomic mass is 19.3. The topological polar surface area (TPSA) is 190 Å². The second-order valence-electron chi connectivity index (χ2n) is 13.3. The number of nitrogens with zero attached hydrogens (tertiary/aromatic N) is 2. The third kappa shape index (κ3) is 10.5. The third-order valence-electron chi connectivity index (χ3n) is 9.02. The van der Waals surface area contributed by atoms with Crippen molar-refractivity contribution in [3.63, 3.8) is 0 Å². The van der Waals surface area contributed by atoms with Crippen molar-refractivity contribution in [2.24, 2.45) is 5.92 Å². The fourth-order valence-electron chi connectivity index (χ4n) is 6.01. The predicted molar refractivity (Wildman–Crippen MR) is 196 cm³/mol. The van der Waals surface area contributed by atoms with E-state index in [4.69, 9.17) is 14.2 Å². The highest BCUT2D eigenvalue weighted by Gasteiger charge is 2.33. The van der Waals surface area contributed by atoms with Crippen LogP contribution in [0.3, 0.4) is 0 Å². The standard InChI is InChI=1S/C38H48F2N6O9/c1-21(2)32-35(50)42-19-25-27(53-5)10-9-11-28(25)55-30-18-24(13-15-29(30)54-6)34(49)41-16-7-8-17-45(20-31(48)43-33(23(4)47)36(51)44-32)37(52)26-14-12-22(3)46(26)38(39)40/h9-15,18,21,23,32-33,38,47H,7-8,16-17,19-20H2,1-6H3,(H,41,49)(H,42,50)(H,43,48)(H,44,51)/t23-,32-,33+/m1/s1. The molecule has 0 unspecified atom stereocenters. The smallest absolute Gasteiger partial charge is 0.319 e. The summed E-state index contributed by atoms with van der Waals surface area (Å²) in [7, 11) is 2.89. The van der Waals surface area contributed by atoms with Gasteiger partial charge in [0.1, 0.15) is 29.3 Å². The van der Waals surface area contributed by atoms with Gasteiger partial charge in [-0.15, -0.1) is 0 Å². The van der Waals surface area contributed by atoms with Gasteiger partial charge in [-0.3, -0.25) is 28.5 Å². The molecule has 4 rings (SSSR count). The van der Waals surface area contributed by atoms with E-state index < -0.39 is 66.7 Å². The van der Waals surface area contributed by atoms with Gasteiger partial charge in [-0.25, -0.2) is 0 Å². The number of halogens is 2. The molecule has 15 nitrogen and oxygen atoms in total. The highest BCUT2D eigenvalue weighted by Crippen LogP contribution is 2.37. The molecule has 3 atom stereocenters. The number of hydrogen-bond donors (Lipinski definition) is 5. The number of methoxy groups -OCH3 is 2. The van der Waals surface area contributed by atoms with E-state index in [0.29, 0.717) is 28.1 Å². The Morgan fingerprint density at radius 2 is 1.62 bits per heavy atom. The van der Waals surface area contributed by atoms with Crippen molar-refractivity contribution in [2.45, 2.75) is 71.8 Å². The monoisotopic (exact) mass is 770 g/mol. The molecule has 0 saturated heterocycles. The van der Waals surface area contributed by atoms with Crippen LogP contribution in [0, 0.1) is 12.8 Å². The summed E-state index contributed by atoms with van der Waals surface area (Å²) in [4.78, 5) is 68.5. The Hall–Kier alpha value is -5.71. The summed E-state index contributed by atoms with van der Waals surface area (Å²) in [5, 5.41) is 21.2. The molecule has 0 fully saturated rings. The number of carbonyl (C=O) groups excluding carboxylic acids is 5. The van der Waals surface area contributed by atoms with Crippen molar-refractivity contribution in [3.05, 3.63) is 71.0 Å². The summed E-state index contributed by atoms with van der Waals surface area (Å²) >= 11 is 0. The molecule has 1 aliphatic heterocycles. The fraction of sp³-hybridized carbons (Fsp3) is 0.447. The van der Waals surface area contributed by atoms with Gasteiger partial charge >= 0.3 is 6.55 Å². The van der Waals surface area contributed by atoms with Crippen molar-refractivity contribution < 1.29 is 52.1 Å². The van der Waals surface area contributed by atoms with E-state index >= 15 is 0 Å². The van der Waals surface area contributed by atoms with Gasteiger partial charge < -0.3 is 45.5 Å². The first-order valence-corrected chi connectivity index (χ1v) is 17.8. The SMILES string of the molecule is COc1ccc2cc1Oc1cccc(OC)c1CNC(=O)[C@@H](C(C)C)NC(=O)[C@H]([C@@H](C)O)NC(=O)CN(C(=O)c1ccc(C)n1C(F)F)CCCCNC2=O. The molecule has 1 aliphatic rings. The summed E-state index contributed by atoms with van der Waals surface area (Å²) in [6, 6.07) is 9.51. The maximum absolute atomic E-state index is 13.9. The summed E-state index contributed by atoms with van der Waals surface area (Å²) in [6.45, 7) is 2.35. The molecule has 1 aromatic heterocycles. The van der Waals surface area contributed by atoms with Crippen molar-refractivity contribution in [2.75, 3.05) is 33.9 Å². The molecule has 0 aliphatic carbocycles. The summed E-state index contributed by atoms with van der Waals surface area (Å²) in [6.07, 6.45) is -0.868. The van der Waals surface area contributed by atoms with Crippen LogP contribution in [-0.2, 0) is 20.9 Å². The molecule has 2 aromatic carbocycles. The van der Waals surface area contributed by atoms with Crippen molar-refractivity contribution in [3.8, 4) is 23.0 Å². The van der Waals surface area contributed by atoms with Gasteiger partial charge in [0.15, 0.2) is 11.5 Å². The van der Waals surface area contributed by atoms with Crippen molar-refractivity contribution in [1.82, 2.24) is 30.7 Å². The molecule has 298 valence electrons. The minimum Gasteiger partial charge on any atom is -0.496 e. The van der Waals surface area contributed by atoms with Crippen LogP contribution in [0.5, 0.6) is 23.0 Å². The van der Waals surface area contributed by atoms with E-state index in [-0.39, 0.29) is 54.5 Å². The van der Waals surface area contributed by atoms with E-state index in [1.165, 1.54) is 46.3 Å². The van der Waals surface area contributed by atoms with Crippen molar-refractivity contribution in [1.29, 1.82) is 0 Å². The number of alkyl halides is 2. The van der Waals surface area contributed by atoms with Crippen LogP contribution >= 0.6 is 0 Å². The molecular formula is C38H48F2N6O9. The largest absolute Gasteiger partial charge is 0.496 e. The number of aromatic nitrogens is 1. The normalized spacial score (nSPS) is 18.6. The summed E-state index contributed by atoms with van der Waals surface area (Å²) < 4.78 is 45.7. The second kappa shape index (κ2) is 19.1. The number of carbonyl (C=O) groups is 5. The van der Waals surface area contributed by atoms with Gasteiger partial charge in [0, 0.05) is 24.3 Å². The Morgan fingerprint density at radius 1 is 0.891 bits per heavy atom. The number of fused-ring (bicyclic) bond motifs is 3. The van der Waals surface area contributed by atoms with Gasteiger partial charge in [0.05, 0.1) is 39.0 Å². The Balaban J connectivity index is 1.70. The van der Waals surface area contributed by atoms with Crippen LogP contribution < -0.4 is 35.5 Å². The van der Waals surface area contributed by atoms with E-state index in [1.807, 2.05) is 0 Å². The Kier molecular flexibility index (Phi) is 14.6. The van der Waals surface area contributed by atoms with E-state index in [0.717, 1.165) is 4.90 Å². The lowest BCUT2D eigenvalue weighted by Gasteiger charge is -2.28. The molecule has 3 aromatic rings. The Labute approximate surface area is 317 Å². The number of benzene rings is 2. The molecular weight excluding hydrogens is 722 g/mol. The van der Waals surface area contributed by atoms with Gasteiger partial charge in [0.25, 0.3) is 11.8 Å². The number of ether oxygens (including phenoxy) is 3. The lowest BCUT2D eigenvalue weighted by Crippen LogP contribution is -2.59.